The summed E-state index contributed by atoms with van der Waals surface area (Å²) in [5.74, 6) is -0.391. The van der Waals surface area contributed by atoms with E-state index in [9.17, 15) is 9.18 Å². The molecule has 0 aliphatic carbocycles. The number of nitrogens with zero attached hydrogens (tertiary/aromatic N) is 3. The van der Waals surface area contributed by atoms with Crippen molar-refractivity contribution in [1.29, 1.82) is 0 Å². The predicted octanol–water partition coefficient (Wildman–Crippen LogP) is 4.77. The van der Waals surface area contributed by atoms with E-state index in [1.165, 1.54) is 6.07 Å². The van der Waals surface area contributed by atoms with Crippen LogP contribution in [0.4, 0.5) is 10.1 Å². The highest BCUT2D eigenvalue weighted by Crippen LogP contribution is 2.30. The first-order chi connectivity index (χ1) is 15.1. The molecule has 2 aromatic carbocycles. The molecule has 0 bridgehead atoms. The molecule has 1 aliphatic rings. The number of anilines is 1. The average Bonchev–Trinajstić information content (AvgIpc) is 3.35. The van der Waals surface area contributed by atoms with Crippen molar-refractivity contribution in [3.63, 3.8) is 0 Å². The highest BCUT2D eigenvalue weighted by Gasteiger charge is 2.18. The van der Waals surface area contributed by atoms with Crippen LogP contribution in [0.25, 0.3) is 27.7 Å². The van der Waals surface area contributed by atoms with Gasteiger partial charge in [-0.15, -0.1) is 0 Å². The van der Waals surface area contributed by atoms with Crippen LogP contribution in [0.2, 0.25) is 0 Å². The number of fused-ring (bicyclic) bond motifs is 3. The van der Waals surface area contributed by atoms with Crippen LogP contribution in [-0.2, 0) is 17.6 Å². The van der Waals surface area contributed by atoms with Gasteiger partial charge in [-0.2, -0.15) is 0 Å². The number of benzene rings is 2. The van der Waals surface area contributed by atoms with Crippen molar-refractivity contribution in [3.8, 4) is 11.1 Å². The minimum absolute atomic E-state index is 0.0173. The quantitative estimate of drug-likeness (QED) is 0.468. The van der Waals surface area contributed by atoms with Gasteiger partial charge in [0.2, 0.25) is 5.91 Å². The van der Waals surface area contributed by atoms with E-state index in [2.05, 4.69) is 21.4 Å². The van der Waals surface area contributed by atoms with Gasteiger partial charge in [0.25, 0.3) is 0 Å². The summed E-state index contributed by atoms with van der Waals surface area (Å²) in [6.45, 7) is 0. The lowest BCUT2D eigenvalue weighted by atomic mass is 10.0. The predicted molar refractivity (Wildman–Crippen MR) is 117 cm³/mol. The van der Waals surface area contributed by atoms with Crippen molar-refractivity contribution in [2.45, 2.75) is 12.8 Å². The largest absolute Gasteiger partial charge is 0.326 e. The Kier molecular flexibility index (Phi) is 3.86. The number of imidazole rings is 1. The summed E-state index contributed by atoms with van der Waals surface area (Å²) >= 11 is 0. The van der Waals surface area contributed by atoms with E-state index in [0.29, 0.717) is 18.5 Å². The number of carbonyl (C=O) groups excluding carboxylic acids is 1. The van der Waals surface area contributed by atoms with Gasteiger partial charge in [-0.1, -0.05) is 18.2 Å². The maximum Gasteiger partial charge on any atom is 0.228 e. The van der Waals surface area contributed by atoms with E-state index in [1.807, 2.05) is 53.1 Å². The molecule has 0 saturated carbocycles. The van der Waals surface area contributed by atoms with Gasteiger partial charge in [0.05, 0.1) is 11.9 Å². The second-order valence-electron chi connectivity index (χ2n) is 7.82. The Bertz CT molecular complexity index is 1500. The number of pyridine rings is 2. The van der Waals surface area contributed by atoms with Crippen molar-refractivity contribution in [1.82, 2.24) is 14.4 Å². The zero-order valence-corrected chi connectivity index (χ0v) is 16.5. The first-order valence-corrected chi connectivity index (χ1v) is 10.1. The SMILES string of the molecule is O=C1Cc2cc(-c3cc(F)c4ncc(Cc5ccc6ncccc6c5)n4c3)ccc2N1. The molecule has 0 radical (unpaired) electrons. The Morgan fingerprint density at radius 2 is 1.97 bits per heavy atom. The van der Waals surface area contributed by atoms with Crippen LogP contribution in [0, 0.1) is 5.82 Å². The van der Waals surface area contributed by atoms with Gasteiger partial charge in [0.15, 0.2) is 11.5 Å². The second kappa shape index (κ2) is 6.74. The van der Waals surface area contributed by atoms with E-state index >= 15 is 0 Å². The lowest BCUT2D eigenvalue weighted by Crippen LogP contribution is -2.03. The minimum atomic E-state index is -0.374. The molecule has 6 rings (SSSR count). The van der Waals surface area contributed by atoms with E-state index < -0.39 is 0 Å². The molecule has 6 heteroatoms. The molecule has 0 unspecified atom stereocenters. The molecular weight excluding hydrogens is 391 g/mol. The number of hydrogen-bond donors (Lipinski definition) is 1. The van der Waals surface area contributed by atoms with Crippen LogP contribution < -0.4 is 5.32 Å². The van der Waals surface area contributed by atoms with Gasteiger partial charge >= 0.3 is 0 Å². The number of hydrogen-bond acceptors (Lipinski definition) is 3. The number of halogens is 1. The van der Waals surface area contributed by atoms with E-state index in [1.54, 1.807) is 12.4 Å². The molecule has 3 aromatic heterocycles. The van der Waals surface area contributed by atoms with E-state index in [4.69, 9.17) is 0 Å². The molecule has 4 heterocycles. The molecule has 150 valence electrons. The Morgan fingerprint density at radius 3 is 2.90 bits per heavy atom. The zero-order chi connectivity index (χ0) is 20.9. The monoisotopic (exact) mass is 408 g/mol. The number of amides is 1. The average molecular weight is 408 g/mol. The molecule has 0 atom stereocenters. The van der Waals surface area contributed by atoms with Crippen molar-refractivity contribution in [2.24, 2.45) is 0 Å². The molecule has 1 N–H and O–H groups in total. The lowest BCUT2D eigenvalue weighted by molar-refractivity contribution is -0.115. The van der Waals surface area contributed by atoms with Gasteiger partial charge in [-0.05, 0) is 53.1 Å². The molecule has 1 aliphatic heterocycles. The number of carbonyl (C=O) groups is 1. The van der Waals surface area contributed by atoms with Crippen molar-refractivity contribution in [3.05, 3.63) is 95.8 Å². The Labute approximate surface area is 177 Å². The minimum Gasteiger partial charge on any atom is -0.326 e. The topological polar surface area (TPSA) is 59.3 Å². The first-order valence-electron chi connectivity index (χ1n) is 10.1. The van der Waals surface area contributed by atoms with Crippen LogP contribution in [0.1, 0.15) is 16.8 Å². The molecule has 0 spiro atoms. The van der Waals surface area contributed by atoms with Crippen LogP contribution >= 0.6 is 0 Å². The standard InChI is InChI=1S/C25H17FN4O/c26-21-11-19(16-4-6-23-18(10-16)12-24(31)29-23)14-30-20(13-28-25(21)30)9-15-3-5-22-17(8-15)2-1-7-27-22/h1-8,10-11,13-14H,9,12H2,(H,29,31). The summed E-state index contributed by atoms with van der Waals surface area (Å²) in [4.78, 5) is 20.3. The summed E-state index contributed by atoms with van der Waals surface area (Å²) < 4.78 is 16.7. The van der Waals surface area contributed by atoms with Gasteiger partial charge in [-0.3, -0.25) is 9.78 Å². The Hall–Kier alpha value is -4.06. The van der Waals surface area contributed by atoms with Crippen LogP contribution in [0.15, 0.2) is 73.2 Å². The first kappa shape index (κ1) is 17.8. The van der Waals surface area contributed by atoms with Crippen LogP contribution in [0.5, 0.6) is 0 Å². The summed E-state index contributed by atoms with van der Waals surface area (Å²) in [7, 11) is 0. The van der Waals surface area contributed by atoms with Crippen LogP contribution in [-0.4, -0.2) is 20.3 Å². The van der Waals surface area contributed by atoms with Crippen molar-refractivity contribution < 1.29 is 9.18 Å². The number of aromatic nitrogens is 3. The smallest absolute Gasteiger partial charge is 0.228 e. The molecule has 5 nitrogen and oxygen atoms in total. The maximum atomic E-state index is 14.9. The Balaban J connectivity index is 1.41. The third kappa shape index (κ3) is 3.04. The summed E-state index contributed by atoms with van der Waals surface area (Å²) in [6.07, 6.45) is 6.39. The van der Waals surface area contributed by atoms with Gasteiger partial charge in [-0.25, -0.2) is 9.37 Å². The van der Waals surface area contributed by atoms with Gasteiger partial charge < -0.3 is 9.72 Å². The third-order valence-corrected chi connectivity index (χ3v) is 5.75. The molecule has 0 saturated heterocycles. The third-order valence-electron chi connectivity index (χ3n) is 5.75. The summed E-state index contributed by atoms with van der Waals surface area (Å²) in [6, 6.07) is 17.3. The molecule has 5 aromatic rings. The van der Waals surface area contributed by atoms with Gasteiger partial charge in [0.1, 0.15) is 0 Å². The van der Waals surface area contributed by atoms with Crippen molar-refractivity contribution >= 4 is 28.1 Å². The fraction of sp³-hybridized carbons (Fsp3) is 0.0800. The number of rotatable bonds is 3. The highest BCUT2D eigenvalue weighted by molar-refractivity contribution is 5.99. The fourth-order valence-electron chi connectivity index (χ4n) is 4.24. The second-order valence-corrected chi connectivity index (χ2v) is 7.82. The van der Waals surface area contributed by atoms with E-state index in [0.717, 1.165) is 44.5 Å². The number of nitrogens with one attached hydrogen (secondary N) is 1. The molecule has 1 amide bonds. The van der Waals surface area contributed by atoms with Crippen LogP contribution in [0.3, 0.4) is 0 Å². The molecule has 31 heavy (non-hydrogen) atoms. The highest BCUT2D eigenvalue weighted by atomic mass is 19.1. The zero-order valence-electron chi connectivity index (χ0n) is 16.5. The maximum absolute atomic E-state index is 14.9. The normalized spacial score (nSPS) is 13.0. The summed E-state index contributed by atoms with van der Waals surface area (Å²) in [5, 5.41) is 3.90. The lowest BCUT2D eigenvalue weighted by Gasteiger charge is -2.09. The van der Waals surface area contributed by atoms with Crippen molar-refractivity contribution in [2.75, 3.05) is 5.32 Å². The summed E-state index contributed by atoms with van der Waals surface area (Å²) in [5.41, 5.74) is 6.62. The molecular formula is C25H17FN4O. The van der Waals surface area contributed by atoms with E-state index in [-0.39, 0.29) is 11.7 Å². The Morgan fingerprint density at radius 1 is 1.03 bits per heavy atom. The van der Waals surface area contributed by atoms with Gasteiger partial charge in [0, 0.05) is 47.3 Å². The fourth-order valence-corrected chi connectivity index (χ4v) is 4.24. The molecule has 0 fully saturated rings.